The van der Waals surface area contributed by atoms with E-state index in [1.54, 1.807) is 0 Å². The van der Waals surface area contributed by atoms with Gasteiger partial charge in [0.2, 0.25) is 0 Å². The van der Waals surface area contributed by atoms with E-state index in [0.717, 1.165) is 30.3 Å². The Morgan fingerprint density at radius 3 is 2.13 bits per heavy atom. The van der Waals surface area contributed by atoms with Crippen LogP contribution in [0.1, 0.15) is 37.8 Å². The van der Waals surface area contributed by atoms with Gasteiger partial charge in [0.25, 0.3) is 0 Å². The lowest BCUT2D eigenvalue weighted by Crippen LogP contribution is -2.10. The van der Waals surface area contributed by atoms with Crippen molar-refractivity contribution in [2.45, 2.75) is 37.0 Å². The molecule has 0 spiro atoms. The Bertz CT molecular complexity index is 369. The molecule has 0 aliphatic heterocycles. The van der Waals surface area contributed by atoms with Gasteiger partial charge in [-0.2, -0.15) is 0 Å². The van der Waals surface area contributed by atoms with Crippen LogP contribution in [-0.4, -0.2) is 6.29 Å². The van der Waals surface area contributed by atoms with Crippen LogP contribution in [-0.2, 0) is 15.1 Å². The number of rotatable bonds is 3. The number of hydrogen-bond donors (Lipinski definition) is 0. The van der Waals surface area contributed by atoms with Gasteiger partial charge in [-0.15, -0.1) is 11.6 Å². The number of benzene rings is 1. The molecule has 0 unspecified atom stereocenters. The van der Waals surface area contributed by atoms with Gasteiger partial charge in [-0.3, -0.25) is 0 Å². The first kappa shape index (κ1) is 10.7. The molecule has 0 aromatic heterocycles. The molecule has 0 heterocycles. The molecule has 1 fully saturated rings. The smallest absolute Gasteiger partial charge is 0.130 e. The highest BCUT2D eigenvalue weighted by Gasteiger charge is 2.44. The summed E-state index contributed by atoms with van der Waals surface area (Å²) in [5, 5.41) is 0. The minimum atomic E-state index is -0.337. The Labute approximate surface area is 95.4 Å². The van der Waals surface area contributed by atoms with E-state index in [-0.39, 0.29) is 10.3 Å². The van der Waals surface area contributed by atoms with E-state index >= 15 is 0 Å². The van der Waals surface area contributed by atoms with E-state index in [4.69, 9.17) is 11.6 Å². The van der Waals surface area contributed by atoms with Crippen LogP contribution in [0.25, 0.3) is 0 Å². The van der Waals surface area contributed by atoms with Gasteiger partial charge in [-0.1, -0.05) is 24.3 Å². The molecule has 0 bridgehead atoms. The van der Waals surface area contributed by atoms with Crippen LogP contribution in [0.5, 0.6) is 0 Å². The second-order valence-electron chi connectivity index (χ2n) is 4.82. The summed E-state index contributed by atoms with van der Waals surface area (Å²) in [4.78, 5) is 10.6. The Balaban J connectivity index is 2.29. The van der Waals surface area contributed by atoms with E-state index in [0.29, 0.717) is 0 Å². The standard InChI is InChI=1S/C13H15ClO/c1-12(2,14)10-3-5-11(6-4-10)13(9-15)7-8-13/h3-6,9H,7-8H2,1-2H3. The molecule has 1 nitrogen and oxygen atoms in total. The Morgan fingerprint density at radius 2 is 1.80 bits per heavy atom. The molecule has 0 N–H and O–H groups in total. The second-order valence-corrected chi connectivity index (χ2v) is 5.77. The average Bonchev–Trinajstić information content (AvgIpc) is 2.97. The Morgan fingerprint density at radius 1 is 1.27 bits per heavy atom. The number of carbonyl (C=O) groups is 1. The van der Waals surface area contributed by atoms with Crippen LogP contribution in [0, 0.1) is 0 Å². The maximum absolute atomic E-state index is 10.9. The van der Waals surface area contributed by atoms with Gasteiger partial charge in [0.15, 0.2) is 0 Å². The minimum absolute atomic E-state index is 0.172. The molecule has 1 saturated carbocycles. The summed E-state index contributed by atoms with van der Waals surface area (Å²) < 4.78 is 0. The largest absolute Gasteiger partial charge is 0.302 e. The maximum atomic E-state index is 10.9. The summed E-state index contributed by atoms with van der Waals surface area (Å²) in [6.45, 7) is 3.94. The van der Waals surface area contributed by atoms with Crippen LogP contribution < -0.4 is 0 Å². The zero-order valence-electron chi connectivity index (χ0n) is 9.09. The zero-order chi connectivity index (χ0) is 11.1. The molecule has 1 aliphatic carbocycles. The number of aldehydes is 1. The quantitative estimate of drug-likeness (QED) is 0.566. The molecular formula is C13H15ClO. The van der Waals surface area contributed by atoms with Crippen molar-refractivity contribution in [2.75, 3.05) is 0 Å². The molecule has 15 heavy (non-hydrogen) atoms. The SMILES string of the molecule is CC(C)(Cl)c1ccc(C2(C=O)CC2)cc1. The highest BCUT2D eigenvalue weighted by molar-refractivity contribution is 6.23. The molecule has 1 aromatic carbocycles. The molecule has 1 aromatic rings. The third kappa shape index (κ3) is 1.93. The van der Waals surface area contributed by atoms with Crippen LogP contribution in [0.15, 0.2) is 24.3 Å². The molecule has 0 radical (unpaired) electrons. The second kappa shape index (κ2) is 3.34. The van der Waals surface area contributed by atoms with Crippen molar-refractivity contribution in [1.82, 2.24) is 0 Å². The van der Waals surface area contributed by atoms with Gasteiger partial charge in [-0.05, 0) is 37.8 Å². The Kier molecular flexibility index (Phi) is 2.38. The highest BCUT2D eigenvalue weighted by Crippen LogP contribution is 2.46. The van der Waals surface area contributed by atoms with Crippen LogP contribution in [0.3, 0.4) is 0 Å². The molecular weight excluding hydrogens is 208 g/mol. The van der Waals surface area contributed by atoms with Gasteiger partial charge < -0.3 is 4.79 Å². The maximum Gasteiger partial charge on any atom is 0.130 e. The lowest BCUT2D eigenvalue weighted by molar-refractivity contribution is -0.109. The summed E-state index contributed by atoms with van der Waals surface area (Å²) in [6.07, 6.45) is 3.05. The summed E-state index contributed by atoms with van der Waals surface area (Å²) in [5.41, 5.74) is 2.05. The molecule has 80 valence electrons. The van der Waals surface area contributed by atoms with E-state index < -0.39 is 0 Å². The number of alkyl halides is 1. The number of hydrogen-bond acceptors (Lipinski definition) is 1. The van der Waals surface area contributed by atoms with E-state index in [1.807, 2.05) is 38.1 Å². The molecule has 2 heteroatoms. The monoisotopic (exact) mass is 222 g/mol. The molecule has 0 saturated heterocycles. The predicted molar refractivity (Wildman–Crippen MR) is 62.3 cm³/mol. The van der Waals surface area contributed by atoms with Crippen molar-refractivity contribution >= 4 is 17.9 Å². The summed E-state index contributed by atoms with van der Waals surface area (Å²) >= 11 is 6.21. The van der Waals surface area contributed by atoms with Crippen molar-refractivity contribution in [3.63, 3.8) is 0 Å². The Hall–Kier alpha value is -0.820. The third-order valence-corrected chi connectivity index (χ3v) is 3.38. The molecule has 0 atom stereocenters. The minimum Gasteiger partial charge on any atom is -0.302 e. The number of carbonyl (C=O) groups excluding carboxylic acids is 1. The summed E-state index contributed by atoms with van der Waals surface area (Å²) in [7, 11) is 0. The van der Waals surface area contributed by atoms with Crippen molar-refractivity contribution in [2.24, 2.45) is 0 Å². The first-order valence-corrected chi connectivity index (χ1v) is 5.62. The number of halogens is 1. The predicted octanol–water partition coefficient (Wildman–Crippen LogP) is 3.39. The third-order valence-electron chi connectivity index (χ3n) is 3.16. The summed E-state index contributed by atoms with van der Waals surface area (Å²) in [5.74, 6) is 0. The van der Waals surface area contributed by atoms with E-state index in [9.17, 15) is 4.79 Å². The lowest BCUT2D eigenvalue weighted by Gasteiger charge is -2.17. The summed E-state index contributed by atoms with van der Waals surface area (Å²) in [6, 6.07) is 8.10. The van der Waals surface area contributed by atoms with Gasteiger partial charge in [0.05, 0.1) is 10.3 Å². The van der Waals surface area contributed by atoms with Gasteiger partial charge >= 0.3 is 0 Å². The lowest BCUT2D eigenvalue weighted by atomic mass is 9.94. The van der Waals surface area contributed by atoms with Crippen molar-refractivity contribution in [1.29, 1.82) is 0 Å². The van der Waals surface area contributed by atoms with E-state index in [2.05, 4.69) is 0 Å². The van der Waals surface area contributed by atoms with Gasteiger partial charge in [0, 0.05) is 0 Å². The highest BCUT2D eigenvalue weighted by atomic mass is 35.5. The first-order valence-electron chi connectivity index (χ1n) is 5.24. The first-order chi connectivity index (χ1) is 6.98. The van der Waals surface area contributed by atoms with Crippen LogP contribution in [0.2, 0.25) is 0 Å². The van der Waals surface area contributed by atoms with Crippen molar-refractivity contribution in [3.05, 3.63) is 35.4 Å². The van der Waals surface area contributed by atoms with Crippen LogP contribution in [0.4, 0.5) is 0 Å². The van der Waals surface area contributed by atoms with Gasteiger partial charge in [0.1, 0.15) is 6.29 Å². The van der Waals surface area contributed by atoms with Crippen molar-refractivity contribution in [3.8, 4) is 0 Å². The van der Waals surface area contributed by atoms with E-state index in [1.165, 1.54) is 0 Å². The fourth-order valence-corrected chi connectivity index (χ4v) is 1.93. The average molecular weight is 223 g/mol. The zero-order valence-corrected chi connectivity index (χ0v) is 9.84. The molecule has 0 amide bonds. The normalized spacial score (nSPS) is 18.6. The van der Waals surface area contributed by atoms with Crippen molar-refractivity contribution < 1.29 is 4.79 Å². The molecule has 1 aliphatic rings. The van der Waals surface area contributed by atoms with Gasteiger partial charge in [-0.25, -0.2) is 0 Å². The topological polar surface area (TPSA) is 17.1 Å². The fourth-order valence-electron chi connectivity index (χ4n) is 1.81. The molecule has 2 rings (SSSR count). The van der Waals surface area contributed by atoms with Crippen LogP contribution >= 0.6 is 11.6 Å². The fraction of sp³-hybridized carbons (Fsp3) is 0.462.